The van der Waals surface area contributed by atoms with Gasteiger partial charge in [-0.05, 0) is 25.8 Å². The summed E-state index contributed by atoms with van der Waals surface area (Å²) in [5.74, 6) is -1.56. The number of rotatable bonds is 3. The van der Waals surface area contributed by atoms with Gasteiger partial charge in [0.15, 0.2) is 0 Å². The van der Waals surface area contributed by atoms with Gasteiger partial charge >= 0.3 is 5.97 Å². The van der Waals surface area contributed by atoms with E-state index in [1.54, 1.807) is 13.1 Å². The van der Waals surface area contributed by atoms with Gasteiger partial charge in [0.1, 0.15) is 5.69 Å². The van der Waals surface area contributed by atoms with Crippen LogP contribution in [0.1, 0.15) is 41.9 Å². The van der Waals surface area contributed by atoms with Crippen LogP contribution in [0.15, 0.2) is 6.07 Å². The first-order valence-corrected chi connectivity index (χ1v) is 6.53. The second-order valence-corrected chi connectivity index (χ2v) is 5.10. The van der Waals surface area contributed by atoms with Crippen molar-refractivity contribution in [3.63, 3.8) is 0 Å². The van der Waals surface area contributed by atoms with Crippen molar-refractivity contribution >= 4 is 11.9 Å². The third-order valence-corrected chi connectivity index (χ3v) is 3.63. The SMILES string of the molecule is Cc1cc(C(=O)NC2CCCCC2C(=O)O)n(C)n1. The molecule has 1 aromatic heterocycles. The molecule has 1 fully saturated rings. The topological polar surface area (TPSA) is 84.2 Å². The Bertz CT molecular complexity index is 495. The van der Waals surface area contributed by atoms with Crippen LogP contribution in [0.4, 0.5) is 0 Å². The zero-order chi connectivity index (χ0) is 14.0. The standard InChI is InChI=1S/C13H19N3O3/c1-8-7-11(16(2)15-8)12(17)14-10-6-4-3-5-9(10)13(18)19/h7,9-10H,3-6H2,1-2H3,(H,14,17)(H,18,19). The van der Waals surface area contributed by atoms with Gasteiger partial charge in [-0.3, -0.25) is 14.3 Å². The van der Waals surface area contributed by atoms with Gasteiger partial charge in [0, 0.05) is 13.1 Å². The molecule has 2 rings (SSSR count). The number of carbonyl (C=O) groups is 2. The predicted octanol–water partition coefficient (Wildman–Crippen LogP) is 1.10. The molecule has 0 aliphatic heterocycles. The molecule has 104 valence electrons. The highest BCUT2D eigenvalue weighted by molar-refractivity contribution is 5.93. The maximum Gasteiger partial charge on any atom is 0.308 e. The van der Waals surface area contributed by atoms with Gasteiger partial charge < -0.3 is 10.4 Å². The number of hydrogen-bond donors (Lipinski definition) is 2. The normalized spacial score (nSPS) is 23.1. The number of hydrogen-bond acceptors (Lipinski definition) is 3. The number of carboxylic acid groups (broad SMARTS) is 1. The summed E-state index contributed by atoms with van der Waals surface area (Å²) in [6.45, 7) is 1.82. The van der Waals surface area contributed by atoms with Crippen LogP contribution in [-0.2, 0) is 11.8 Å². The Morgan fingerprint density at radius 2 is 2.11 bits per heavy atom. The summed E-state index contributed by atoms with van der Waals surface area (Å²) >= 11 is 0. The number of carboxylic acids is 1. The van der Waals surface area contributed by atoms with Crippen LogP contribution in [0.5, 0.6) is 0 Å². The molecule has 1 amide bonds. The minimum Gasteiger partial charge on any atom is -0.481 e. The molecule has 0 saturated heterocycles. The second-order valence-electron chi connectivity index (χ2n) is 5.10. The number of aromatic nitrogens is 2. The van der Waals surface area contributed by atoms with E-state index in [-0.39, 0.29) is 11.9 Å². The van der Waals surface area contributed by atoms with Gasteiger partial charge in [-0.2, -0.15) is 5.10 Å². The first-order valence-electron chi connectivity index (χ1n) is 6.53. The van der Waals surface area contributed by atoms with E-state index in [4.69, 9.17) is 0 Å². The number of nitrogens with zero attached hydrogens (tertiary/aromatic N) is 2. The zero-order valence-electron chi connectivity index (χ0n) is 11.2. The van der Waals surface area contributed by atoms with E-state index in [0.717, 1.165) is 25.0 Å². The molecule has 1 aliphatic rings. The molecular formula is C13H19N3O3. The Hall–Kier alpha value is -1.85. The predicted molar refractivity (Wildman–Crippen MR) is 68.8 cm³/mol. The van der Waals surface area contributed by atoms with Crippen molar-refractivity contribution < 1.29 is 14.7 Å². The van der Waals surface area contributed by atoms with Crippen molar-refractivity contribution in [2.45, 2.75) is 38.6 Å². The molecule has 1 aliphatic carbocycles. The Balaban J connectivity index is 2.09. The maximum absolute atomic E-state index is 12.2. The molecule has 2 N–H and O–H groups in total. The molecule has 0 radical (unpaired) electrons. The van der Waals surface area contributed by atoms with E-state index in [1.807, 2.05) is 6.92 Å². The average Bonchev–Trinajstić information content (AvgIpc) is 2.69. The van der Waals surface area contributed by atoms with Crippen LogP contribution in [0.3, 0.4) is 0 Å². The highest BCUT2D eigenvalue weighted by Gasteiger charge is 2.32. The number of amides is 1. The van der Waals surface area contributed by atoms with Crippen molar-refractivity contribution in [2.75, 3.05) is 0 Å². The lowest BCUT2D eigenvalue weighted by atomic mass is 9.84. The Morgan fingerprint density at radius 3 is 2.68 bits per heavy atom. The molecule has 0 bridgehead atoms. The zero-order valence-corrected chi connectivity index (χ0v) is 11.2. The first kappa shape index (κ1) is 13.6. The molecule has 1 aromatic rings. The summed E-state index contributed by atoms with van der Waals surface area (Å²) in [5, 5.41) is 16.1. The van der Waals surface area contributed by atoms with Crippen LogP contribution in [0.25, 0.3) is 0 Å². The van der Waals surface area contributed by atoms with Gasteiger partial charge in [-0.25, -0.2) is 0 Å². The highest BCUT2D eigenvalue weighted by atomic mass is 16.4. The van der Waals surface area contributed by atoms with E-state index in [0.29, 0.717) is 12.1 Å². The Labute approximate surface area is 111 Å². The highest BCUT2D eigenvalue weighted by Crippen LogP contribution is 2.25. The lowest BCUT2D eigenvalue weighted by Crippen LogP contribution is -2.45. The molecule has 0 spiro atoms. The largest absolute Gasteiger partial charge is 0.481 e. The van der Waals surface area contributed by atoms with E-state index in [2.05, 4.69) is 10.4 Å². The molecule has 2 atom stereocenters. The quantitative estimate of drug-likeness (QED) is 0.857. The molecule has 6 nitrogen and oxygen atoms in total. The monoisotopic (exact) mass is 265 g/mol. The van der Waals surface area contributed by atoms with Gasteiger partial charge in [0.05, 0.1) is 11.6 Å². The van der Waals surface area contributed by atoms with Crippen LogP contribution in [0, 0.1) is 12.8 Å². The molecule has 0 aromatic carbocycles. The van der Waals surface area contributed by atoms with Crippen LogP contribution < -0.4 is 5.32 Å². The third kappa shape index (κ3) is 2.94. The first-order chi connectivity index (χ1) is 8.99. The maximum atomic E-state index is 12.2. The van der Waals surface area contributed by atoms with Gasteiger partial charge in [0.25, 0.3) is 5.91 Å². The molecule has 1 heterocycles. The lowest BCUT2D eigenvalue weighted by molar-refractivity contribution is -0.143. The lowest BCUT2D eigenvalue weighted by Gasteiger charge is -2.29. The van der Waals surface area contributed by atoms with Crippen LogP contribution in [0.2, 0.25) is 0 Å². The summed E-state index contributed by atoms with van der Waals surface area (Å²) in [7, 11) is 1.71. The number of aryl methyl sites for hydroxylation is 2. The molecule has 2 unspecified atom stereocenters. The smallest absolute Gasteiger partial charge is 0.308 e. The van der Waals surface area contributed by atoms with Crippen molar-refractivity contribution in [2.24, 2.45) is 13.0 Å². The van der Waals surface area contributed by atoms with Gasteiger partial charge in [-0.15, -0.1) is 0 Å². The number of nitrogens with one attached hydrogen (secondary N) is 1. The minimum atomic E-state index is -0.828. The Morgan fingerprint density at radius 1 is 1.42 bits per heavy atom. The van der Waals surface area contributed by atoms with Crippen molar-refractivity contribution in [1.29, 1.82) is 0 Å². The number of aliphatic carboxylic acids is 1. The summed E-state index contributed by atoms with van der Waals surface area (Å²) in [6, 6.07) is 1.42. The van der Waals surface area contributed by atoms with Gasteiger partial charge in [-0.1, -0.05) is 12.8 Å². The molecular weight excluding hydrogens is 246 g/mol. The minimum absolute atomic E-state index is 0.249. The van der Waals surface area contributed by atoms with Crippen molar-refractivity contribution in [3.8, 4) is 0 Å². The second kappa shape index (κ2) is 5.42. The Kier molecular flexibility index (Phi) is 3.87. The van der Waals surface area contributed by atoms with E-state index in [9.17, 15) is 14.7 Å². The van der Waals surface area contributed by atoms with Crippen LogP contribution in [-0.4, -0.2) is 32.8 Å². The van der Waals surface area contributed by atoms with Crippen molar-refractivity contribution in [3.05, 3.63) is 17.5 Å². The van der Waals surface area contributed by atoms with Crippen LogP contribution >= 0.6 is 0 Å². The third-order valence-electron chi connectivity index (χ3n) is 3.63. The molecule has 1 saturated carbocycles. The molecule has 19 heavy (non-hydrogen) atoms. The average molecular weight is 265 g/mol. The summed E-state index contributed by atoms with van der Waals surface area (Å²) in [5.41, 5.74) is 1.23. The van der Waals surface area contributed by atoms with E-state index < -0.39 is 11.9 Å². The van der Waals surface area contributed by atoms with E-state index in [1.165, 1.54) is 4.68 Å². The number of carbonyl (C=O) groups excluding carboxylic acids is 1. The van der Waals surface area contributed by atoms with E-state index >= 15 is 0 Å². The fourth-order valence-electron chi connectivity index (χ4n) is 2.66. The van der Waals surface area contributed by atoms with Crippen molar-refractivity contribution in [1.82, 2.24) is 15.1 Å². The summed E-state index contributed by atoms with van der Waals surface area (Å²) in [4.78, 5) is 23.3. The fourth-order valence-corrected chi connectivity index (χ4v) is 2.66. The van der Waals surface area contributed by atoms with Gasteiger partial charge in [0.2, 0.25) is 0 Å². The summed E-state index contributed by atoms with van der Waals surface area (Å²) in [6.07, 6.45) is 3.22. The summed E-state index contributed by atoms with van der Waals surface area (Å²) < 4.78 is 1.52. The fraction of sp³-hybridized carbons (Fsp3) is 0.615. The molecule has 6 heteroatoms.